The fraction of sp³-hybridized carbons (Fsp3) is 0.818. The molecule has 1 saturated heterocycles. The van der Waals surface area contributed by atoms with Crippen LogP contribution in [0.15, 0.2) is 0 Å². The number of amides is 1. The van der Waals surface area contributed by atoms with E-state index in [-0.39, 0.29) is 16.4 Å². The van der Waals surface area contributed by atoms with E-state index < -0.39 is 5.41 Å². The first-order valence-electron chi connectivity index (χ1n) is 5.39. The number of carbonyl (C=O) groups excluding carboxylic acids is 1. The highest BCUT2D eigenvalue weighted by molar-refractivity contribution is 7.80. The minimum atomic E-state index is -0.788. The molecule has 0 saturated carbocycles. The lowest BCUT2D eigenvalue weighted by Crippen LogP contribution is -2.60. The highest BCUT2D eigenvalue weighted by Crippen LogP contribution is 2.27. The van der Waals surface area contributed by atoms with E-state index in [0.29, 0.717) is 19.8 Å². The standard InChI is InChI=1S/C11H20N2O2S/c1-10(2)7-15-6-5-13(10)9(14)11(3,4)8(12)16/h5-7H2,1-4H3,(H2,12,16). The van der Waals surface area contributed by atoms with Crippen molar-refractivity contribution in [2.45, 2.75) is 33.2 Å². The molecule has 2 N–H and O–H groups in total. The number of thiocarbonyl (C=S) groups is 1. The fourth-order valence-corrected chi connectivity index (χ4v) is 1.76. The van der Waals surface area contributed by atoms with Crippen molar-refractivity contribution in [2.24, 2.45) is 11.1 Å². The van der Waals surface area contributed by atoms with Crippen LogP contribution in [0.5, 0.6) is 0 Å². The molecule has 92 valence electrons. The zero-order valence-electron chi connectivity index (χ0n) is 10.4. The van der Waals surface area contributed by atoms with Gasteiger partial charge in [-0.3, -0.25) is 4.79 Å². The lowest BCUT2D eigenvalue weighted by molar-refractivity contribution is -0.152. The van der Waals surface area contributed by atoms with Crippen LogP contribution in [0.3, 0.4) is 0 Å². The van der Waals surface area contributed by atoms with E-state index in [2.05, 4.69) is 0 Å². The molecule has 5 heteroatoms. The van der Waals surface area contributed by atoms with Crippen LogP contribution in [-0.2, 0) is 9.53 Å². The normalized spacial score (nSPS) is 20.6. The van der Waals surface area contributed by atoms with Crippen molar-refractivity contribution in [3.05, 3.63) is 0 Å². The number of morpholine rings is 1. The van der Waals surface area contributed by atoms with E-state index in [1.807, 2.05) is 18.7 Å². The molecule has 0 radical (unpaired) electrons. The average Bonchev–Trinajstić information content (AvgIpc) is 2.15. The number of nitrogens with zero attached hydrogens (tertiary/aromatic N) is 1. The fourth-order valence-electron chi connectivity index (χ4n) is 1.68. The second kappa shape index (κ2) is 4.30. The Balaban J connectivity index is 2.92. The second-order valence-corrected chi connectivity index (χ2v) is 5.75. The van der Waals surface area contributed by atoms with Gasteiger partial charge in [-0.25, -0.2) is 0 Å². The van der Waals surface area contributed by atoms with Crippen LogP contribution in [0, 0.1) is 5.41 Å². The average molecular weight is 244 g/mol. The van der Waals surface area contributed by atoms with Gasteiger partial charge in [0.1, 0.15) is 0 Å². The Morgan fingerprint density at radius 2 is 2.06 bits per heavy atom. The molecule has 1 amide bonds. The third kappa shape index (κ3) is 2.35. The molecular weight excluding hydrogens is 224 g/mol. The van der Waals surface area contributed by atoms with Crippen molar-refractivity contribution >= 4 is 23.1 Å². The highest BCUT2D eigenvalue weighted by Gasteiger charge is 2.42. The van der Waals surface area contributed by atoms with E-state index in [1.165, 1.54) is 0 Å². The van der Waals surface area contributed by atoms with Gasteiger partial charge in [0.25, 0.3) is 0 Å². The molecule has 0 spiro atoms. The third-order valence-corrected chi connectivity index (χ3v) is 3.55. The van der Waals surface area contributed by atoms with E-state index in [4.69, 9.17) is 22.7 Å². The van der Waals surface area contributed by atoms with Gasteiger partial charge in [0.05, 0.1) is 29.2 Å². The van der Waals surface area contributed by atoms with Gasteiger partial charge < -0.3 is 15.4 Å². The summed E-state index contributed by atoms with van der Waals surface area (Å²) in [4.78, 5) is 14.4. The zero-order chi connectivity index (χ0) is 12.6. The molecule has 0 unspecified atom stereocenters. The van der Waals surface area contributed by atoms with Crippen LogP contribution in [0.1, 0.15) is 27.7 Å². The Kier molecular flexibility index (Phi) is 3.59. The predicted octanol–water partition coefficient (Wildman–Crippen LogP) is 0.936. The van der Waals surface area contributed by atoms with Gasteiger partial charge in [-0.2, -0.15) is 0 Å². The summed E-state index contributed by atoms with van der Waals surface area (Å²) in [6, 6.07) is 0. The van der Waals surface area contributed by atoms with Crippen LogP contribution in [0.25, 0.3) is 0 Å². The van der Waals surface area contributed by atoms with Gasteiger partial charge in [0.15, 0.2) is 0 Å². The van der Waals surface area contributed by atoms with Crippen molar-refractivity contribution in [1.82, 2.24) is 4.90 Å². The quantitative estimate of drug-likeness (QED) is 0.734. The van der Waals surface area contributed by atoms with Gasteiger partial charge in [-0.05, 0) is 27.7 Å². The first-order chi connectivity index (χ1) is 7.19. The first-order valence-corrected chi connectivity index (χ1v) is 5.80. The van der Waals surface area contributed by atoms with Crippen LogP contribution in [0.4, 0.5) is 0 Å². The van der Waals surface area contributed by atoms with Crippen LogP contribution in [0.2, 0.25) is 0 Å². The Hall–Kier alpha value is -0.680. The SMILES string of the molecule is CC(C)(C(=O)N1CCOCC1(C)C)C(N)=S. The number of ether oxygens (including phenoxy) is 1. The van der Waals surface area contributed by atoms with Crippen LogP contribution < -0.4 is 5.73 Å². The highest BCUT2D eigenvalue weighted by atomic mass is 32.1. The number of carbonyl (C=O) groups is 1. The van der Waals surface area contributed by atoms with Crippen LogP contribution >= 0.6 is 12.2 Å². The van der Waals surface area contributed by atoms with E-state index in [0.717, 1.165) is 0 Å². The lowest BCUT2D eigenvalue weighted by atomic mass is 9.88. The van der Waals surface area contributed by atoms with Gasteiger partial charge in [-0.15, -0.1) is 0 Å². The maximum absolute atomic E-state index is 12.4. The van der Waals surface area contributed by atoms with Gasteiger partial charge >= 0.3 is 0 Å². The summed E-state index contributed by atoms with van der Waals surface area (Å²) in [7, 11) is 0. The molecule has 0 aromatic heterocycles. The van der Waals surface area contributed by atoms with Gasteiger partial charge in [0, 0.05) is 6.54 Å². The van der Waals surface area contributed by atoms with Crippen molar-refractivity contribution in [3.63, 3.8) is 0 Å². The molecule has 0 aromatic rings. The molecule has 1 heterocycles. The minimum absolute atomic E-state index is 0.0201. The molecule has 4 nitrogen and oxygen atoms in total. The van der Waals surface area contributed by atoms with Gasteiger partial charge in [-0.1, -0.05) is 12.2 Å². The van der Waals surface area contributed by atoms with Crippen molar-refractivity contribution in [3.8, 4) is 0 Å². The van der Waals surface area contributed by atoms with Crippen molar-refractivity contribution in [2.75, 3.05) is 19.8 Å². The van der Waals surface area contributed by atoms with E-state index >= 15 is 0 Å². The summed E-state index contributed by atoms with van der Waals surface area (Å²) in [6.07, 6.45) is 0. The Labute approximate surface area is 102 Å². The summed E-state index contributed by atoms with van der Waals surface area (Å²) in [5.74, 6) is -0.0201. The number of hydrogen-bond donors (Lipinski definition) is 1. The summed E-state index contributed by atoms with van der Waals surface area (Å²) in [5.41, 5.74) is 4.54. The smallest absolute Gasteiger partial charge is 0.235 e. The number of rotatable bonds is 2. The second-order valence-electron chi connectivity index (χ2n) is 5.31. The van der Waals surface area contributed by atoms with E-state index in [9.17, 15) is 4.79 Å². The third-order valence-electron chi connectivity index (χ3n) is 3.04. The number of nitrogens with two attached hydrogens (primary N) is 1. The molecule has 0 aromatic carbocycles. The summed E-state index contributed by atoms with van der Waals surface area (Å²) in [5, 5.41) is 0. The zero-order valence-corrected chi connectivity index (χ0v) is 11.2. The largest absolute Gasteiger partial charge is 0.392 e. The topological polar surface area (TPSA) is 55.6 Å². The molecule has 0 aliphatic carbocycles. The molecule has 1 aliphatic rings. The van der Waals surface area contributed by atoms with Gasteiger partial charge in [0.2, 0.25) is 5.91 Å². The van der Waals surface area contributed by atoms with Crippen molar-refractivity contribution < 1.29 is 9.53 Å². The number of hydrogen-bond acceptors (Lipinski definition) is 3. The minimum Gasteiger partial charge on any atom is -0.392 e. The first kappa shape index (κ1) is 13.4. The predicted molar refractivity (Wildman–Crippen MR) is 67.2 cm³/mol. The van der Waals surface area contributed by atoms with E-state index in [1.54, 1.807) is 13.8 Å². The van der Waals surface area contributed by atoms with Crippen LogP contribution in [-0.4, -0.2) is 41.1 Å². The maximum atomic E-state index is 12.4. The molecule has 1 rings (SSSR count). The summed E-state index contributed by atoms with van der Waals surface area (Å²) in [6.45, 7) is 9.22. The molecule has 1 fully saturated rings. The lowest BCUT2D eigenvalue weighted by Gasteiger charge is -2.45. The van der Waals surface area contributed by atoms with Crippen molar-refractivity contribution in [1.29, 1.82) is 0 Å². The Morgan fingerprint density at radius 3 is 2.50 bits per heavy atom. The molecule has 16 heavy (non-hydrogen) atoms. The maximum Gasteiger partial charge on any atom is 0.235 e. The Morgan fingerprint density at radius 1 is 1.50 bits per heavy atom. The monoisotopic (exact) mass is 244 g/mol. The summed E-state index contributed by atoms with van der Waals surface area (Å²) < 4.78 is 5.38. The summed E-state index contributed by atoms with van der Waals surface area (Å²) >= 11 is 4.95. The Bertz CT molecular complexity index is 313. The molecule has 0 atom stereocenters. The molecular formula is C11H20N2O2S. The molecule has 0 bridgehead atoms. The molecule has 1 aliphatic heterocycles.